The third-order valence-corrected chi connectivity index (χ3v) is 2.97. The lowest BCUT2D eigenvalue weighted by Crippen LogP contribution is -2.44. The Hall–Kier alpha value is -0.510. The van der Waals surface area contributed by atoms with Crippen LogP contribution in [0.5, 0.6) is 0 Å². The van der Waals surface area contributed by atoms with Crippen molar-refractivity contribution in [2.24, 2.45) is 5.92 Å². The summed E-state index contributed by atoms with van der Waals surface area (Å²) >= 11 is 0. The van der Waals surface area contributed by atoms with Gasteiger partial charge in [-0.1, -0.05) is 52.2 Å². The molecule has 0 fully saturated rings. The number of hydrogen-bond acceptors (Lipinski definition) is 1. The Kier molecular flexibility index (Phi) is 6.08. The van der Waals surface area contributed by atoms with Crippen LogP contribution < -0.4 is 0 Å². The van der Waals surface area contributed by atoms with Gasteiger partial charge >= 0.3 is 6.18 Å². The Morgan fingerprint density at radius 3 is 2.19 bits per heavy atom. The predicted octanol–water partition coefficient (Wildman–Crippen LogP) is 4.07. The molecule has 0 aromatic heterocycles. The van der Waals surface area contributed by atoms with Crippen LogP contribution >= 0.6 is 0 Å². The normalized spacial score (nSPS) is 17.9. The number of aliphatic hydroxyl groups is 1. The monoisotopic (exact) mass is 238 g/mol. The molecule has 1 nitrogen and oxygen atoms in total. The average molecular weight is 238 g/mol. The Labute approximate surface area is 95.4 Å². The topological polar surface area (TPSA) is 20.2 Å². The van der Waals surface area contributed by atoms with E-state index in [0.717, 1.165) is 19.3 Å². The van der Waals surface area contributed by atoms with Crippen molar-refractivity contribution in [1.82, 2.24) is 0 Å². The van der Waals surface area contributed by atoms with E-state index in [1.54, 1.807) is 0 Å². The molecule has 0 heterocycles. The minimum Gasteiger partial charge on any atom is -0.377 e. The van der Waals surface area contributed by atoms with Crippen molar-refractivity contribution in [3.8, 4) is 0 Å². The molecule has 0 aromatic rings. The highest BCUT2D eigenvalue weighted by atomic mass is 19.4. The SMILES string of the molecule is C=CC(O)(CC(CC)CCCC)C(F)(F)F. The smallest absolute Gasteiger partial charge is 0.377 e. The summed E-state index contributed by atoms with van der Waals surface area (Å²) in [7, 11) is 0. The van der Waals surface area contributed by atoms with Gasteiger partial charge in [0.15, 0.2) is 5.60 Å². The standard InChI is InChI=1S/C12H21F3O/c1-4-7-8-10(5-2)9-11(16,6-3)12(13,14)15/h6,10,16H,3-5,7-9H2,1-2H3. The van der Waals surface area contributed by atoms with Crippen LogP contribution in [0.4, 0.5) is 13.2 Å². The highest BCUT2D eigenvalue weighted by Gasteiger charge is 2.51. The minimum absolute atomic E-state index is 0.107. The van der Waals surface area contributed by atoms with E-state index in [1.165, 1.54) is 0 Å². The molecular weight excluding hydrogens is 217 g/mol. The van der Waals surface area contributed by atoms with E-state index in [-0.39, 0.29) is 12.3 Å². The summed E-state index contributed by atoms with van der Waals surface area (Å²) in [5.41, 5.74) is -2.73. The molecule has 0 aliphatic heterocycles. The van der Waals surface area contributed by atoms with Crippen molar-refractivity contribution in [2.75, 3.05) is 0 Å². The lowest BCUT2D eigenvalue weighted by molar-refractivity contribution is -0.245. The van der Waals surface area contributed by atoms with Gasteiger partial charge < -0.3 is 5.11 Å². The zero-order valence-corrected chi connectivity index (χ0v) is 9.98. The molecule has 0 bridgehead atoms. The molecule has 4 heteroatoms. The van der Waals surface area contributed by atoms with E-state index in [2.05, 4.69) is 6.58 Å². The van der Waals surface area contributed by atoms with Crippen LogP contribution in [-0.4, -0.2) is 16.9 Å². The number of halogens is 3. The summed E-state index contributed by atoms with van der Waals surface area (Å²) < 4.78 is 37.8. The zero-order chi connectivity index (χ0) is 12.8. The van der Waals surface area contributed by atoms with Crippen LogP contribution in [0.1, 0.15) is 46.0 Å². The van der Waals surface area contributed by atoms with Gasteiger partial charge in [0.1, 0.15) is 0 Å². The van der Waals surface area contributed by atoms with Crippen molar-refractivity contribution in [3.05, 3.63) is 12.7 Å². The van der Waals surface area contributed by atoms with Gasteiger partial charge in [-0.2, -0.15) is 13.2 Å². The van der Waals surface area contributed by atoms with Gasteiger partial charge in [0.25, 0.3) is 0 Å². The summed E-state index contributed by atoms with van der Waals surface area (Å²) in [5.74, 6) is -0.107. The Morgan fingerprint density at radius 2 is 1.88 bits per heavy atom. The molecule has 0 amide bonds. The maximum Gasteiger partial charge on any atom is 0.420 e. The summed E-state index contributed by atoms with van der Waals surface area (Å²) in [5, 5.41) is 9.51. The van der Waals surface area contributed by atoms with Gasteiger partial charge in [-0.15, -0.1) is 0 Å². The average Bonchev–Trinajstić information content (AvgIpc) is 2.22. The second kappa shape index (κ2) is 6.28. The number of alkyl halides is 3. The van der Waals surface area contributed by atoms with Crippen molar-refractivity contribution < 1.29 is 18.3 Å². The van der Waals surface area contributed by atoms with Crippen molar-refractivity contribution in [1.29, 1.82) is 0 Å². The molecular formula is C12H21F3O. The molecule has 2 atom stereocenters. The molecule has 16 heavy (non-hydrogen) atoms. The van der Waals surface area contributed by atoms with Gasteiger partial charge in [-0.25, -0.2) is 0 Å². The first kappa shape index (κ1) is 15.5. The van der Waals surface area contributed by atoms with Crippen molar-refractivity contribution in [2.45, 2.75) is 57.7 Å². The second-order valence-electron chi connectivity index (χ2n) is 4.25. The molecule has 0 aliphatic rings. The van der Waals surface area contributed by atoms with Gasteiger partial charge in [0.05, 0.1) is 0 Å². The third kappa shape index (κ3) is 4.16. The van der Waals surface area contributed by atoms with Crippen LogP contribution in [0.25, 0.3) is 0 Å². The molecule has 96 valence electrons. The Bertz CT molecular complexity index is 213. The fourth-order valence-electron chi connectivity index (χ4n) is 1.70. The highest BCUT2D eigenvalue weighted by Crippen LogP contribution is 2.38. The summed E-state index contributed by atoms with van der Waals surface area (Å²) in [4.78, 5) is 0. The molecule has 1 N–H and O–H groups in total. The number of hydrogen-bond donors (Lipinski definition) is 1. The van der Waals surface area contributed by atoms with Crippen LogP contribution in [0.15, 0.2) is 12.7 Å². The molecule has 0 saturated heterocycles. The molecule has 0 aliphatic carbocycles. The fourth-order valence-corrected chi connectivity index (χ4v) is 1.70. The van der Waals surface area contributed by atoms with Gasteiger partial charge in [-0.3, -0.25) is 0 Å². The first-order chi connectivity index (χ1) is 7.30. The number of rotatable bonds is 7. The van der Waals surface area contributed by atoms with E-state index >= 15 is 0 Å². The molecule has 2 unspecified atom stereocenters. The number of unbranched alkanes of at least 4 members (excludes halogenated alkanes) is 1. The summed E-state index contributed by atoms with van der Waals surface area (Å²) in [6, 6.07) is 0. The fraction of sp³-hybridized carbons (Fsp3) is 0.833. The van der Waals surface area contributed by atoms with Crippen LogP contribution in [0.3, 0.4) is 0 Å². The van der Waals surface area contributed by atoms with Gasteiger partial charge in [-0.05, 0) is 12.3 Å². The van der Waals surface area contributed by atoms with Crippen LogP contribution in [0, 0.1) is 5.92 Å². The van der Waals surface area contributed by atoms with Crippen molar-refractivity contribution >= 4 is 0 Å². The quantitative estimate of drug-likeness (QED) is 0.663. The maximum absolute atomic E-state index is 12.6. The largest absolute Gasteiger partial charge is 0.420 e. The molecule has 0 aromatic carbocycles. The molecule has 0 saturated carbocycles. The highest BCUT2D eigenvalue weighted by molar-refractivity contribution is 5.02. The zero-order valence-electron chi connectivity index (χ0n) is 9.98. The third-order valence-electron chi connectivity index (χ3n) is 2.97. The molecule has 0 radical (unpaired) electrons. The predicted molar refractivity (Wildman–Crippen MR) is 59.1 cm³/mol. The summed E-state index contributed by atoms with van der Waals surface area (Å²) in [6.07, 6.45) is -1.09. The second-order valence-corrected chi connectivity index (χ2v) is 4.25. The minimum atomic E-state index is -4.63. The van der Waals surface area contributed by atoms with E-state index in [4.69, 9.17) is 0 Å². The van der Waals surface area contributed by atoms with Gasteiger partial charge in [0.2, 0.25) is 0 Å². The lowest BCUT2D eigenvalue weighted by Gasteiger charge is -2.30. The molecule has 0 spiro atoms. The Balaban J connectivity index is 4.55. The summed E-state index contributed by atoms with van der Waals surface area (Å²) in [6.45, 7) is 6.94. The lowest BCUT2D eigenvalue weighted by atomic mass is 9.85. The van der Waals surface area contributed by atoms with E-state index < -0.39 is 11.8 Å². The van der Waals surface area contributed by atoms with E-state index in [9.17, 15) is 18.3 Å². The maximum atomic E-state index is 12.6. The van der Waals surface area contributed by atoms with Gasteiger partial charge in [0, 0.05) is 0 Å². The Morgan fingerprint density at radius 1 is 1.31 bits per heavy atom. The van der Waals surface area contributed by atoms with Crippen molar-refractivity contribution in [3.63, 3.8) is 0 Å². The molecule has 0 rings (SSSR count). The first-order valence-corrected chi connectivity index (χ1v) is 5.73. The van der Waals surface area contributed by atoms with Crippen LogP contribution in [0.2, 0.25) is 0 Å². The first-order valence-electron chi connectivity index (χ1n) is 5.73. The van der Waals surface area contributed by atoms with E-state index in [0.29, 0.717) is 12.5 Å². The van der Waals surface area contributed by atoms with Crippen LogP contribution in [-0.2, 0) is 0 Å². The van der Waals surface area contributed by atoms with E-state index in [1.807, 2.05) is 13.8 Å².